The molecular formula is C7H7NO3. The van der Waals surface area contributed by atoms with Crippen molar-refractivity contribution >= 4 is 11.7 Å². The summed E-state index contributed by atoms with van der Waals surface area (Å²) in [5.41, 5.74) is 5.11. The van der Waals surface area contributed by atoms with Crippen molar-refractivity contribution in [3.63, 3.8) is 0 Å². The molecule has 11 heavy (non-hydrogen) atoms. The minimum Gasteiger partial charge on any atom is -0.507 e. The Kier molecular flexibility index (Phi) is 1.68. The molecule has 0 aromatic heterocycles. The zero-order chi connectivity index (χ0) is 8.43. The van der Waals surface area contributed by atoms with Crippen LogP contribution in [0.5, 0.6) is 5.75 Å². The molecule has 0 amide bonds. The van der Waals surface area contributed by atoms with Crippen molar-refractivity contribution in [1.82, 2.24) is 0 Å². The number of benzene rings is 1. The lowest BCUT2D eigenvalue weighted by atomic mass is 10.1. The van der Waals surface area contributed by atoms with Gasteiger partial charge in [0.25, 0.3) is 0 Å². The maximum absolute atomic E-state index is 10.4. The monoisotopic (exact) mass is 153 g/mol. The van der Waals surface area contributed by atoms with E-state index in [-0.39, 0.29) is 17.0 Å². The van der Waals surface area contributed by atoms with Crippen LogP contribution >= 0.6 is 0 Å². The summed E-state index contributed by atoms with van der Waals surface area (Å²) in [7, 11) is 0. The molecule has 4 N–H and O–H groups in total. The average Bonchev–Trinajstić information content (AvgIpc) is 1.85. The minimum atomic E-state index is -1.22. The van der Waals surface area contributed by atoms with Crippen molar-refractivity contribution in [2.45, 2.75) is 0 Å². The van der Waals surface area contributed by atoms with Crippen LogP contribution in [0.3, 0.4) is 0 Å². The van der Waals surface area contributed by atoms with Crippen molar-refractivity contribution < 1.29 is 15.0 Å². The molecule has 1 rings (SSSR count). The second kappa shape index (κ2) is 2.49. The number of phenols is 1. The molecular weight excluding hydrogens is 146 g/mol. The zero-order valence-electron chi connectivity index (χ0n) is 5.61. The molecule has 4 heteroatoms. The summed E-state index contributed by atoms with van der Waals surface area (Å²) < 4.78 is 0. The summed E-state index contributed by atoms with van der Waals surface area (Å²) in [5, 5.41) is 17.5. The van der Waals surface area contributed by atoms with Crippen molar-refractivity contribution in [1.29, 1.82) is 0 Å². The van der Waals surface area contributed by atoms with Gasteiger partial charge in [-0.15, -0.1) is 0 Å². The maximum Gasteiger partial charge on any atom is 0.341 e. The molecule has 0 saturated heterocycles. The van der Waals surface area contributed by atoms with E-state index in [0.717, 1.165) is 0 Å². The third kappa shape index (κ3) is 1.24. The van der Waals surface area contributed by atoms with Crippen molar-refractivity contribution in [2.75, 3.05) is 5.73 Å². The topological polar surface area (TPSA) is 83.5 Å². The first-order valence-corrected chi connectivity index (χ1v) is 2.93. The molecule has 0 spiro atoms. The Morgan fingerprint density at radius 2 is 2.09 bits per heavy atom. The highest BCUT2D eigenvalue weighted by Crippen LogP contribution is 2.22. The molecule has 0 unspecified atom stereocenters. The van der Waals surface area contributed by atoms with Gasteiger partial charge in [-0.1, -0.05) is 6.07 Å². The van der Waals surface area contributed by atoms with Gasteiger partial charge in [-0.3, -0.25) is 0 Å². The molecule has 0 heterocycles. The Morgan fingerprint density at radius 3 is 2.45 bits per heavy atom. The molecule has 4 nitrogen and oxygen atoms in total. The van der Waals surface area contributed by atoms with E-state index in [1.807, 2.05) is 0 Å². The van der Waals surface area contributed by atoms with E-state index < -0.39 is 5.97 Å². The second-order valence-electron chi connectivity index (χ2n) is 2.05. The lowest BCUT2D eigenvalue weighted by Crippen LogP contribution is -2.01. The van der Waals surface area contributed by atoms with Crippen LogP contribution in [0.4, 0.5) is 5.69 Å². The van der Waals surface area contributed by atoms with E-state index in [4.69, 9.17) is 15.9 Å². The van der Waals surface area contributed by atoms with Crippen LogP contribution in [0.1, 0.15) is 10.4 Å². The number of rotatable bonds is 1. The maximum atomic E-state index is 10.4. The standard InChI is InChI=1S/C7H7NO3/c8-4-2-1-3-5(9)6(4)7(10)11/h1-3,9H,8H2,(H,10,11). The fourth-order valence-electron chi connectivity index (χ4n) is 0.791. The van der Waals surface area contributed by atoms with E-state index in [0.29, 0.717) is 0 Å². The van der Waals surface area contributed by atoms with Crippen LogP contribution in [-0.2, 0) is 0 Å². The molecule has 58 valence electrons. The molecule has 1 aromatic carbocycles. The van der Waals surface area contributed by atoms with Crippen LogP contribution in [0.15, 0.2) is 18.2 Å². The number of nitrogen functional groups attached to an aromatic ring is 1. The van der Waals surface area contributed by atoms with E-state index in [1.54, 1.807) is 0 Å². The van der Waals surface area contributed by atoms with E-state index in [2.05, 4.69) is 0 Å². The Bertz CT molecular complexity index is 275. The predicted octanol–water partition coefficient (Wildman–Crippen LogP) is 0.673. The molecule has 0 saturated carbocycles. The molecule has 0 aliphatic heterocycles. The molecule has 0 aliphatic carbocycles. The number of hydrogen-bond acceptors (Lipinski definition) is 3. The van der Waals surface area contributed by atoms with Crippen molar-refractivity contribution in [3.05, 3.63) is 23.8 Å². The smallest absolute Gasteiger partial charge is 0.341 e. The minimum absolute atomic E-state index is 0.0671. The third-order valence-electron chi connectivity index (χ3n) is 1.29. The van der Waals surface area contributed by atoms with E-state index >= 15 is 0 Å². The Morgan fingerprint density at radius 1 is 1.45 bits per heavy atom. The molecule has 0 aliphatic rings. The van der Waals surface area contributed by atoms with Crippen molar-refractivity contribution in [3.8, 4) is 5.75 Å². The summed E-state index contributed by atoms with van der Waals surface area (Å²) in [5.74, 6) is -1.53. The number of hydrogen-bond donors (Lipinski definition) is 3. The van der Waals surface area contributed by atoms with Gasteiger partial charge in [0.1, 0.15) is 11.3 Å². The van der Waals surface area contributed by atoms with Gasteiger partial charge in [0.15, 0.2) is 0 Å². The van der Waals surface area contributed by atoms with Gasteiger partial charge in [-0.25, -0.2) is 4.79 Å². The lowest BCUT2D eigenvalue weighted by Gasteiger charge is -2.01. The number of carboxylic acids is 1. The van der Waals surface area contributed by atoms with Crippen LogP contribution in [-0.4, -0.2) is 16.2 Å². The quantitative estimate of drug-likeness (QED) is 0.518. The van der Waals surface area contributed by atoms with Gasteiger partial charge in [0.05, 0.1) is 0 Å². The van der Waals surface area contributed by atoms with Gasteiger partial charge in [-0.2, -0.15) is 0 Å². The van der Waals surface area contributed by atoms with Crippen molar-refractivity contribution in [2.24, 2.45) is 0 Å². The summed E-state index contributed by atoms with van der Waals surface area (Å²) in [4.78, 5) is 10.4. The number of aromatic hydroxyl groups is 1. The molecule has 0 radical (unpaired) electrons. The van der Waals surface area contributed by atoms with Gasteiger partial charge < -0.3 is 15.9 Å². The SMILES string of the molecule is Nc1cccc(O)c1C(=O)O. The van der Waals surface area contributed by atoms with Crippen LogP contribution in [0.25, 0.3) is 0 Å². The Labute approximate surface area is 62.9 Å². The van der Waals surface area contributed by atoms with Gasteiger partial charge in [-0.05, 0) is 12.1 Å². The predicted molar refractivity (Wildman–Crippen MR) is 39.5 cm³/mol. The molecule has 1 aromatic rings. The van der Waals surface area contributed by atoms with E-state index in [1.165, 1.54) is 18.2 Å². The number of carboxylic acid groups (broad SMARTS) is 1. The largest absolute Gasteiger partial charge is 0.507 e. The fourth-order valence-corrected chi connectivity index (χ4v) is 0.791. The first-order valence-electron chi connectivity index (χ1n) is 2.93. The van der Waals surface area contributed by atoms with Gasteiger partial charge >= 0.3 is 5.97 Å². The normalized spacial score (nSPS) is 9.45. The highest BCUT2D eigenvalue weighted by atomic mass is 16.4. The Hall–Kier alpha value is -1.71. The summed E-state index contributed by atoms with van der Waals surface area (Å²) in [6.07, 6.45) is 0. The molecule has 0 atom stereocenters. The zero-order valence-corrected chi connectivity index (χ0v) is 5.61. The first kappa shape index (κ1) is 7.40. The molecule has 0 fully saturated rings. The number of carbonyl (C=O) groups is 1. The second-order valence-corrected chi connectivity index (χ2v) is 2.05. The number of nitrogens with two attached hydrogens (primary N) is 1. The van der Waals surface area contributed by atoms with Gasteiger partial charge in [0.2, 0.25) is 0 Å². The lowest BCUT2D eigenvalue weighted by molar-refractivity contribution is 0.0695. The average molecular weight is 153 g/mol. The fraction of sp³-hybridized carbons (Fsp3) is 0. The Balaban J connectivity index is 3.32. The summed E-state index contributed by atoms with van der Waals surface area (Å²) in [6, 6.07) is 4.18. The number of aromatic carboxylic acids is 1. The highest BCUT2D eigenvalue weighted by molar-refractivity contribution is 5.96. The molecule has 0 bridgehead atoms. The number of anilines is 1. The highest BCUT2D eigenvalue weighted by Gasteiger charge is 2.11. The first-order chi connectivity index (χ1) is 5.13. The van der Waals surface area contributed by atoms with Crippen LogP contribution in [0, 0.1) is 0 Å². The van der Waals surface area contributed by atoms with Gasteiger partial charge in [0, 0.05) is 5.69 Å². The van der Waals surface area contributed by atoms with E-state index in [9.17, 15) is 4.79 Å². The van der Waals surface area contributed by atoms with Crippen LogP contribution in [0.2, 0.25) is 0 Å². The summed E-state index contributed by atoms with van der Waals surface area (Å²) >= 11 is 0. The summed E-state index contributed by atoms with van der Waals surface area (Å²) in [6.45, 7) is 0. The third-order valence-corrected chi connectivity index (χ3v) is 1.29. The van der Waals surface area contributed by atoms with Crippen LogP contribution < -0.4 is 5.73 Å².